The van der Waals surface area contributed by atoms with Gasteiger partial charge in [0, 0.05) is 32.0 Å². The average molecular weight is 610 g/mol. The molecule has 0 fully saturated rings. The van der Waals surface area contributed by atoms with Crippen LogP contribution < -0.4 is 10.6 Å². The maximum Gasteiger partial charge on any atom is 0.311 e. The smallest absolute Gasteiger partial charge is 0.311 e. The fourth-order valence-electron chi connectivity index (χ4n) is 3.81. The molecule has 0 radical (unpaired) electrons. The van der Waals surface area contributed by atoms with Crippen molar-refractivity contribution in [1.29, 1.82) is 0 Å². The van der Waals surface area contributed by atoms with Crippen molar-refractivity contribution in [2.45, 2.75) is 43.9 Å². The van der Waals surface area contributed by atoms with Crippen LogP contribution in [-0.2, 0) is 38.2 Å². The van der Waals surface area contributed by atoms with Gasteiger partial charge in [-0.25, -0.2) is 0 Å². The lowest BCUT2D eigenvalue weighted by Gasteiger charge is -2.39. The van der Waals surface area contributed by atoms with E-state index in [0.29, 0.717) is 0 Å². The first-order chi connectivity index (χ1) is 17.7. The molecule has 4 N–H and O–H groups in total. The number of azide groups is 1. The van der Waals surface area contributed by atoms with E-state index in [1.54, 1.807) is 0 Å². The number of ether oxygens (including phenoxy) is 3. The molecule has 2 unspecified atom stereocenters. The third kappa shape index (κ3) is 12.1. The molecule has 0 aliphatic rings. The van der Waals surface area contributed by atoms with Gasteiger partial charge in [0.1, 0.15) is 10.9 Å². The third-order valence-electron chi connectivity index (χ3n) is 5.48. The van der Waals surface area contributed by atoms with Crippen LogP contribution in [0.25, 0.3) is 10.4 Å². The van der Waals surface area contributed by atoms with Crippen LogP contribution in [0.2, 0.25) is 0 Å². The highest BCUT2D eigenvalue weighted by atomic mass is 79.9. The fourth-order valence-corrected chi connectivity index (χ4v) is 4.79. The molecular formula is C22H36BrN5O10. The summed E-state index contributed by atoms with van der Waals surface area (Å²) < 4.78 is 13.8. The van der Waals surface area contributed by atoms with Crippen LogP contribution in [0.3, 0.4) is 0 Å². The Kier molecular flexibility index (Phi) is 15.5. The van der Waals surface area contributed by atoms with E-state index >= 15 is 0 Å². The van der Waals surface area contributed by atoms with Crippen molar-refractivity contribution >= 4 is 45.7 Å². The summed E-state index contributed by atoms with van der Waals surface area (Å²) in [6.07, 6.45) is -2.44. The molecule has 0 rings (SSSR count). The van der Waals surface area contributed by atoms with E-state index in [-0.39, 0.29) is 39.6 Å². The van der Waals surface area contributed by atoms with Crippen LogP contribution in [0.4, 0.5) is 0 Å². The highest BCUT2D eigenvalue weighted by Gasteiger charge is 2.54. The molecule has 0 aromatic heterocycles. The maximum absolute atomic E-state index is 12.9. The lowest BCUT2D eigenvalue weighted by Crippen LogP contribution is -2.51. The van der Waals surface area contributed by atoms with Gasteiger partial charge in [-0.2, -0.15) is 0 Å². The SMILES string of the molecule is CNC(=O)CC(CC(C)(C)C(=O)OCCOCCOCCN=[N+]=[N-])(CC(Br)(CC(=O)O)C(=O)NC)C(=O)O. The molecule has 2 amide bonds. The summed E-state index contributed by atoms with van der Waals surface area (Å²) in [6.45, 7) is 3.61. The number of nitrogens with zero attached hydrogens (tertiary/aromatic N) is 3. The van der Waals surface area contributed by atoms with Crippen molar-refractivity contribution in [3.63, 3.8) is 0 Å². The summed E-state index contributed by atoms with van der Waals surface area (Å²) in [4.78, 5) is 64.5. The van der Waals surface area contributed by atoms with Crippen LogP contribution >= 0.6 is 15.9 Å². The number of esters is 1. The highest BCUT2D eigenvalue weighted by Crippen LogP contribution is 2.47. The molecule has 0 heterocycles. The number of hydrogen-bond acceptors (Lipinski definition) is 9. The molecule has 0 aromatic carbocycles. The second-order valence-corrected chi connectivity index (χ2v) is 10.6. The molecule has 216 valence electrons. The molecule has 0 aliphatic heterocycles. The summed E-state index contributed by atoms with van der Waals surface area (Å²) in [5.74, 6) is -5.09. The van der Waals surface area contributed by atoms with E-state index in [1.807, 2.05) is 0 Å². The standard InChI is InChI=1S/C22H36BrN5O10/c1-20(2,19(35)38-10-9-37-8-7-36-6-5-27-28-24)13-21(18(33)34,11-15(29)25-3)14-22(23,12-16(30)31)17(32)26-4/h5-14H2,1-4H3,(H,25,29)(H,26,32)(H,30,31)(H,33,34). The number of nitrogens with one attached hydrogen (secondary N) is 2. The number of amides is 2. The summed E-state index contributed by atoms with van der Waals surface area (Å²) >= 11 is 3.11. The number of hydrogen-bond donors (Lipinski definition) is 4. The Bertz CT molecular complexity index is 896. The Morgan fingerprint density at radius 1 is 0.921 bits per heavy atom. The Balaban J connectivity index is 5.54. The van der Waals surface area contributed by atoms with Gasteiger partial charge in [0.05, 0.1) is 43.7 Å². The number of carbonyl (C=O) groups excluding carboxylic acids is 3. The van der Waals surface area contributed by atoms with Crippen molar-refractivity contribution in [2.75, 3.05) is 53.7 Å². The van der Waals surface area contributed by atoms with E-state index in [4.69, 9.17) is 19.7 Å². The number of rotatable bonds is 20. The van der Waals surface area contributed by atoms with Gasteiger partial charge in [0.2, 0.25) is 11.8 Å². The van der Waals surface area contributed by atoms with Gasteiger partial charge in [0.15, 0.2) is 0 Å². The van der Waals surface area contributed by atoms with Crippen LogP contribution in [0, 0.1) is 10.8 Å². The van der Waals surface area contributed by atoms with Gasteiger partial charge in [-0.3, -0.25) is 24.0 Å². The largest absolute Gasteiger partial charge is 0.481 e. The summed E-state index contributed by atoms with van der Waals surface area (Å²) in [6, 6.07) is 0. The minimum absolute atomic E-state index is 0.0314. The second kappa shape index (κ2) is 16.8. The predicted octanol–water partition coefficient (Wildman–Crippen LogP) is 1.24. The second-order valence-electron chi connectivity index (χ2n) is 9.10. The molecule has 0 aromatic rings. The molecule has 2 atom stereocenters. The molecule has 15 nitrogen and oxygen atoms in total. The molecule has 38 heavy (non-hydrogen) atoms. The minimum atomic E-state index is -2.02. The zero-order chi connectivity index (χ0) is 29.4. The van der Waals surface area contributed by atoms with Crippen molar-refractivity contribution in [3.05, 3.63) is 10.4 Å². The van der Waals surface area contributed by atoms with E-state index in [1.165, 1.54) is 27.9 Å². The van der Waals surface area contributed by atoms with Gasteiger partial charge >= 0.3 is 17.9 Å². The van der Waals surface area contributed by atoms with Crippen molar-refractivity contribution in [2.24, 2.45) is 15.9 Å². The summed E-state index contributed by atoms with van der Waals surface area (Å²) in [5, 5.41) is 27.6. The first-order valence-electron chi connectivity index (χ1n) is 11.6. The number of carbonyl (C=O) groups is 5. The zero-order valence-corrected chi connectivity index (χ0v) is 23.5. The lowest BCUT2D eigenvalue weighted by molar-refractivity contribution is -0.164. The van der Waals surface area contributed by atoms with Gasteiger partial charge in [-0.15, -0.1) is 0 Å². The summed E-state index contributed by atoms with van der Waals surface area (Å²) in [7, 11) is 2.57. The van der Waals surface area contributed by atoms with E-state index in [2.05, 4.69) is 36.6 Å². The quantitative estimate of drug-likeness (QED) is 0.0385. The number of carboxylic acids is 2. The predicted molar refractivity (Wildman–Crippen MR) is 136 cm³/mol. The lowest BCUT2D eigenvalue weighted by atomic mass is 9.66. The topological polar surface area (TPSA) is 226 Å². The first-order valence-corrected chi connectivity index (χ1v) is 12.4. The number of aliphatic carboxylic acids is 2. The summed E-state index contributed by atoms with van der Waals surface area (Å²) in [5.41, 5.74) is 4.71. The molecule has 16 heteroatoms. The normalized spacial score (nSPS) is 14.2. The molecule has 0 spiro atoms. The highest BCUT2D eigenvalue weighted by molar-refractivity contribution is 9.10. The number of alkyl halides is 1. The van der Waals surface area contributed by atoms with E-state index < -0.39 is 70.6 Å². The van der Waals surface area contributed by atoms with Crippen molar-refractivity contribution < 1.29 is 48.4 Å². The molecule has 0 bridgehead atoms. The van der Waals surface area contributed by atoms with Gasteiger partial charge in [-0.05, 0) is 32.2 Å². The Labute approximate surface area is 228 Å². The molecule has 0 saturated carbocycles. The molecule has 0 aliphatic carbocycles. The van der Waals surface area contributed by atoms with Crippen molar-refractivity contribution in [1.82, 2.24) is 10.6 Å². The Hall–Kier alpha value is -2.94. The average Bonchev–Trinajstić information content (AvgIpc) is 2.83. The molecule has 0 saturated heterocycles. The van der Waals surface area contributed by atoms with Crippen LogP contribution in [-0.4, -0.2) is 97.9 Å². The van der Waals surface area contributed by atoms with Gasteiger partial charge in [-0.1, -0.05) is 21.0 Å². The Morgan fingerprint density at radius 2 is 1.50 bits per heavy atom. The zero-order valence-electron chi connectivity index (χ0n) is 22.0. The van der Waals surface area contributed by atoms with Crippen LogP contribution in [0.5, 0.6) is 0 Å². The Morgan fingerprint density at radius 3 is 2.00 bits per heavy atom. The monoisotopic (exact) mass is 609 g/mol. The molecular weight excluding hydrogens is 574 g/mol. The van der Waals surface area contributed by atoms with Gasteiger partial charge in [0.25, 0.3) is 0 Å². The maximum atomic E-state index is 12.9. The van der Waals surface area contributed by atoms with Gasteiger partial charge < -0.3 is 35.1 Å². The minimum Gasteiger partial charge on any atom is -0.481 e. The first kappa shape index (κ1) is 35.1. The third-order valence-corrected chi connectivity index (χ3v) is 6.40. The number of carboxylic acid groups (broad SMARTS) is 2. The van der Waals surface area contributed by atoms with Crippen molar-refractivity contribution in [3.8, 4) is 0 Å². The van der Waals surface area contributed by atoms with E-state index in [9.17, 15) is 34.2 Å². The van der Waals surface area contributed by atoms with Crippen LogP contribution in [0.15, 0.2) is 5.11 Å². The van der Waals surface area contributed by atoms with E-state index in [0.717, 1.165) is 0 Å². The van der Waals surface area contributed by atoms with Crippen LogP contribution in [0.1, 0.15) is 39.5 Å². The fraction of sp³-hybridized carbons (Fsp3) is 0.773. The number of halogens is 1.